The largest absolute Gasteiger partial charge is 0.505 e. The van der Waals surface area contributed by atoms with E-state index in [1.807, 2.05) is 0 Å². The highest BCUT2D eigenvalue weighted by Crippen LogP contribution is 2.30. The fraction of sp³-hybridized carbons (Fsp3) is 0.105. The van der Waals surface area contributed by atoms with E-state index in [4.69, 9.17) is 0 Å². The number of aldehydes is 1. The highest BCUT2D eigenvalue weighted by Gasteiger charge is 2.15. The number of carbonyl (C=O) groups is 2. The van der Waals surface area contributed by atoms with E-state index in [2.05, 4.69) is 4.98 Å². The van der Waals surface area contributed by atoms with Crippen molar-refractivity contribution in [2.24, 2.45) is 0 Å². The number of halogens is 1. The van der Waals surface area contributed by atoms with Crippen molar-refractivity contribution >= 4 is 23.0 Å². The summed E-state index contributed by atoms with van der Waals surface area (Å²) in [4.78, 5) is 27.1. The Labute approximate surface area is 137 Å². The molecule has 0 spiro atoms. The Kier molecular flexibility index (Phi) is 4.08. The van der Waals surface area contributed by atoms with Crippen LogP contribution < -0.4 is 0 Å². The lowest BCUT2D eigenvalue weighted by Crippen LogP contribution is -2.00. The van der Waals surface area contributed by atoms with Crippen LogP contribution in [0.25, 0.3) is 10.9 Å². The minimum atomic E-state index is -0.305. The Hall–Kier alpha value is -3.08. The molecule has 0 aliphatic rings. The van der Waals surface area contributed by atoms with Gasteiger partial charge in [0.15, 0.2) is 17.8 Å². The van der Waals surface area contributed by atoms with Crippen LogP contribution in [0.4, 0.5) is 4.39 Å². The zero-order chi connectivity index (χ0) is 17.3. The summed E-state index contributed by atoms with van der Waals surface area (Å²) in [7, 11) is 0. The predicted octanol–water partition coefficient (Wildman–Crippen LogP) is 3.69. The van der Waals surface area contributed by atoms with Gasteiger partial charge in [-0.1, -0.05) is 12.1 Å². The number of phenols is 1. The van der Waals surface area contributed by atoms with Gasteiger partial charge in [0.2, 0.25) is 0 Å². The van der Waals surface area contributed by atoms with Gasteiger partial charge in [-0.15, -0.1) is 0 Å². The number of rotatable bonds is 4. The molecule has 3 aromatic rings. The Bertz CT molecular complexity index is 949. The number of aromatic nitrogens is 1. The Morgan fingerprint density at radius 2 is 1.92 bits per heavy atom. The Balaban J connectivity index is 2.12. The Morgan fingerprint density at radius 3 is 2.54 bits per heavy atom. The molecule has 0 aliphatic heterocycles. The van der Waals surface area contributed by atoms with Gasteiger partial charge < -0.3 is 5.11 Å². The summed E-state index contributed by atoms with van der Waals surface area (Å²) >= 11 is 0. The predicted molar refractivity (Wildman–Crippen MR) is 88.0 cm³/mol. The first kappa shape index (κ1) is 15.8. The van der Waals surface area contributed by atoms with E-state index in [0.717, 1.165) is 11.1 Å². The minimum Gasteiger partial charge on any atom is -0.505 e. The standard InChI is InChI=1S/C19H14FNO3/c1-11(23)16-8-14(10-22)19(24)18-17(16)7-13(9-21-18)6-12-2-4-15(20)5-3-12/h2-5,7-10,24H,6H2,1H3. The Morgan fingerprint density at radius 1 is 1.21 bits per heavy atom. The minimum absolute atomic E-state index is 0.0338. The number of pyridine rings is 1. The molecule has 3 rings (SSSR count). The number of ketones is 1. The van der Waals surface area contributed by atoms with Gasteiger partial charge in [0, 0.05) is 17.1 Å². The molecule has 2 aromatic carbocycles. The molecular formula is C19H14FNO3. The number of hydrogen-bond donors (Lipinski definition) is 1. The molecule has 0 amide bonds. The van der Waals surface area contributed by atoms with Crippen molar-refractivity contribution in [3.63, 3.8) is 0 Å². The fourth-order valence-electron chi connectivity index (χ4n) is 2.66. The second-order valence-corrected chi connectivity index (χ2v) is 5.58. The van der Waals surface area contributed by atoms with Gasteiger partial charge in [-0.3, -0.25) is 14.6 Å². The third-order valence-electron chi connectivity index (χ3n) is 3.86. The van der Waals surface area contributed by atoms with E-state index >= 15 is 0 Å². The van der Waals surface area contributed by atoms with Crippen LogP contribution in [0.15, 0.2) is 42.6 Å². The van der Waals surface area contributed by atoms with Crippen LogP contribution in [0.5, 0.6) is 5.75 Å². The number of nitrogens with zero attached hydrogens (tertiary/aromatic N) is 1. The third kappa shape index (κ3) is 2.88. The van der Waals surface area contributed by atoms with Crippen molar-refractivity contribution in [3.05, 3.63) is 70.7 Å². The van der Waals surface area contributed by atoms with Gasteiger partial charge in [0.05, 0.1) is 5.56 Å². The van der Waals surface area contributed by atoms with Gasteiger partial charge >= 0.3 is 0 Å². The number of fused-ring (bicyclic) bond motifs is 1. The number of Topliss-reactive ketones (excluding diaryl/α,β-unsaturated/α-hetero) is 1. The van der Waals surface area contributed by atoms with E-state index < -0.39 is 0 Å². The van der Waals surface area contributed by atoms with Gasteiger partial charge in [0.25, 0.3) is 0 Å². The zero-order valence-corrected chi connectivity index (χ0v) is 12.9. The van der Waals surface area contributed by atoms with Gasteiger partial charge in [-0.2, -0.15) is 0 Å². The highest BCUT2D eigenvalue weighted by atomic mass is 19.1. The molecule has 0 saturated carbocycles. The summed E-state index contributed by atoms with van der Waals surface area (Å²) in [6.45, 7) is 1.40. The van der Waals surface area contributed by atoms with Crippen LogP contribution in [0, 0.1) is 5.82 Å². The van der Waals surface area contributed by atoms with Crippen molar-refractivity contribution in [1.82, 2.24) is 4.98 Å². The second kappa shape index (κ2) is 6.20. The normalized spacial score (nSPS) is 10.8. The lowest BCUT2D eigenvalue weighted by Gasteiger charge is -2.10. The molecule has 0 atom stereocenters. The highest BCUT2D eigenvalue weighted by molar-refractivity contribution is 6.10. The number of carbonyl (C=O) groups excluding carboxylic acids is 2. The molecular weight excluding hydrogens is 309 g/mol. The van der Waals surface area contributed by atoms with Crippen molar-refractivity contribution in [1.29, 1.82) is 0 Å². The maximum Gasteiger partial charge on any atom is 0.160 e. The van der Waals surface area contributed by atoms with Crippen molar-refractivity contribution in [3.8, 4) is 5.75 Å². The van der Waals surface area contributed by atoms with Gasteiger partial charge in [-0.05, 0) is 48.7 Å². The molecule has 5 heteroatoms. The maximum atomic E-state index is 13.0. The van der Waals surface area contributed by atoms with E-state index in [9.17, 15) is 19.1 Å². The van der Waals surface area contributed by atoms with Gasteiger partial charge in [0.1, 0.15) is 11.3 Å². The number of hydrogen-bond acceptors (Lipinski definition) is 4. The van der Waals surface area contributed by atoms with Crippen LogP contribution in [0.2, 0.25) is 0 Å². The molecule has 4 nitrogen and oxygen atoms in total. The van der Waals surface area contributed by atoms with E-state index in [1.54, 1.807) is 24.4 Å². The number of benzene rings is 2. The molecule has 0 unspecified atom stereocenters. The van der Waals surface area contributed by atoms with Crippen molar-refractivity contribution in [2.45, 2.75) is 13.3 Å². The molecule has 24 heavy (non-hydrogen) atoms. The van der Waals surface area contributed by atoms with E-state index in [1.165, 1.54) is 25.1 Å². The lowest BCUT2D eigenvalue weighted by atomic mass is 9.98. The summed E-state index contributed by atoms with van der Waals surface area (Å²) in [5.74, 6) is -0.761. The lowest BCUT2D eigenvalue weighted by molar-refractivity contribution is 0.101. The zero-order valence-electron chi connectivity index (χ0n) is 12.9. The van der Waals surface area contributed by atoms with Crippen molar-refractivity contribution < 1.29 is 19.1 Å². The molecule has 0 radical (unpaired) electrons. The average molecular weight is 323 g/mol. The molecule has 120 valence electrons. The molecule has 1 heterocycles. The first-order chi connectivity index (χ1) is 11.5. The van der Waals surface area contributed by atoms with Crippen molar-refractivity contribution in [2.75, 3.05) is 0 Å². The first-order valence-corrected chi connectivity index (χ1v) is 7.34. The summed E-state index contributed by atoms with van der Waals surface area (Å²) in [5.41, 5.74) is 2.29. The topological polar surface area (TPSA) is 67.3 Å². The smallest absolute Gasteiger partial charge is 0.160 e. The first-order valence-electron chi connectivity index (χ1n) is 7.34. The molecule has 1 N–H and O–H groups in total. The summed E-state index contributed by atoms with van der Waals surface area (Å²) in [6.07, 6.45) is 2.58. The number of aromatic hydroxyl groups is 1. The van der Waals surface area contributed by atoms with Crippen LogP contribution in [0.3, 0.4) is 0 Å². The van der Waals surface area contributed by atoms with Crippen LogP contribution in [0.1, 0.15) is 38.8 Å². The molecule has 0 saturated heterocycles. The third-order valence-corrected chi connectivity index (χ3v) is 3.86. The van der Waals surface area contributed by atoms with Crippen LogP contribution in [-0.4, -0.2) is 22.2 Å². The summed E-state index contributed by atoms with van der Waals surface area (Å²) < 4.78 is 13.0. The van der Waals surface area contributed by atoms with Gasteiger partial charge in [-0.25, -0.2) is 4.39 Å². The second-order valence-electron chi connectivity index (χ2n) is 5.58. The quantitative estimate of drug-likeness (QED) is 0.587. The van der Waals surface area contributed by atoms with Crippen LogP contribution >= 0.6 is 0 Å². The molecule has 1 aromatic heterocycles. The molecule has 0 fully saturated rings. The van der Waals surface area contributed by atoms with Crippen LogP contribution in [-0.2, 0) is 6.42 Å². The summed E-state index contributed by atoms with van der Waals surface area (Å²) in [5, 5.41) is 10.6. The molecule has 0 bridgehead atoms. The maximum absolute atomic E-state index is 13.0. The summed E-state index contributed by atoms with van der Waals surface area (Å²) in [6, 6.07) is 9.25. The van der Waals surface area contributed by atoms with E-state index in [0.29, 0.717) is 23.7 Å². The van der Waals surface area contributed by atoms with E-state index in [-0.39, 0.29) is 28.4 Å². The SMILES string of the molecule is CC(=O)c1cc(C=O)c(O)c2ncc(Cc3ccc(F)cc3)cc12. The number of phenolic OH excluding ortho intramolecular Hbond substituents is 1. The monoisotopic (exact) mass is 323 g/mol. The average Bonchev–Trinajstić information content (AvgIpc) is 2.57. The molecule has 0 aliphatic carbocycles. The fourth-order valence-corrected chi connectivity index (χ4v) is 2.66.